The molecule has 0 aromatic heterocycles. The molecule has 3 rings (SSSR count). The summed E-state index contributed by atoms with van der Waals surface area (Å²) in [5.74, 6) is -1.31. The summed E-state index contributed by atoms with van der Waals surface area (Å²) in [4.78, 5) is 40.5. The summed E-state index contributed by atoms with van der Waals surface area (Å²) in [5, 5.41) is 12.4. The van der Waals surface area contributed by atoms with E-state index in [9.17, 15) is 19.5 Å². The number of piperidine rings is 1. The molecule has 1 aromatic carbocycles. The molecule has 3 amide bonds. The number of rotatable bonds is 5. The Kier molecular flexibility index (Phi) is 6.18. The fourth-order valence-corrected chi connectivity index (χ4v) is 4.04. The Morgan fingerprint density at radius 3 is 2.64 bits per heavy atom. The lowest BCUT2D eigenvalue weighted by molar-refractivity contribution is -0.152. The van der Waals surface area contributed by atoms with E-state index in [-0.39, 0.29) is 31.0 Å². The van der Waals surface area contributed by atoms with Gasteiger partial charge >= 0.3 is 12.0 Å². The molecule has 0 aliphatic carbocycles. The Hall–Kier alpha value is -2.61. The molecule has 8 heteroatoms. The number of carbonyl (C=O) groups excluding carboxylic acids is 2. The van der Waals surface area contributed by atoms with Crippen molar-refractivity contribution in [3.05, 3.63) is 30.3 Å². The molecule has 152 valence electrons. The summed E-state index contributed by atoms with van der Waals surface area (Å²) in [7, 11) is 1.47. The molecule has 8 nitrogen and oxygen atoms in total. The summed E-state index contributed by atoms with van der Waals surface area (Å²) in [5.41, 5.74) is -0.324. The maximum Gasteiger partial charge on any atom is 0.321 e. The minimum atomic E-state index is -1.04. The van der Waals surface area contributed by atoms with E-state index in [0.29, 0.717) is 38.2 Å². The number of carboxylic acids is 1. The highest BCUT2D eigenvalue weighted by Crippen LogP contribution is 2.33. The molecule has 0 saturated carbocycles. The molecule has 28 heavy (non-hydrogen) atoms. The lowest BCUT2D eigenvalue weighted by Crippen LogP contribution is -2.48. The monoisotopic (exact) mass is 389 g/mol. The van der Waals surface area contributed by atoms with Crippen LogP contribution in [0.2, 0.25) is 0 Å². The third-order valence-electron chi connectivity index (χ3n) is 5.62. The molecule has 1 aromatic rings. The van der Waals surface area contributed by atoms with Crippen LogP contribution in [0.4, 0.5) is 10.5 Å². The Morgan fingerprint density at radius 2 is 1.96 bits per heavy atom. The van der Waals surface area contributed by atoms with E-state index in [1.54, 1.807) is 9.80 Å². The highest BCUT2D eigenvalue weighted by molar-refractivity contribution is 5.90. The summed E-state index contributed by atoms with van der Waals surface area (Å²) in [6.07, 6.45) is 1.83. The van der Waals surface area contributed by atoms with Gasteiger partial charge in [0.2, 0.25) is 5.91 Å². The number of hydrogen-bond acceptors (Lipinski definition) is 4. The number of anilines is 1. The van der Waals surface area contributed by atoms with Crippen molar-refractivity contribution in [2.24, 2.45) is 11.3 Å². The third-order valence-corrected chi connectivity index (χ3v) is 5.62. The molecule has 2 aliphatic rings. The van der Waals surface area contributed by atoms with Gasteiger partial charge in [0.1, 0.15) is 5.41 Å². The molecular weight excluding hydrogens is 362 g/mol. The van der Waals surface area contributed by atoms with Gasteiger partial charge < -0.3 is 25.0 Å². The molecule has 2 saturated heterocycles. The highest BCUT2D eigenvalue weighted by atomic mass is 16.5. The second kappa shape index (κ2) is 8.60. The van der Waals surface area contributed by atoms with Crippen LogP contribution in [-0.4, -0.2) is 72.7 Å². The van der Waals surface area contributed by atoms with Crippen molar-refractivity contribution in [1.29, 1.82) is 0 Å². The largest absolute Gasteiger partial charge is 0.481 e. The normalized spacial score (nSPS) is 24.8. The second-order valence-corrected chi connectivity index (χ2v) is 7.61. The number of nitrogens with zero attached hydrogens (tertiary/aromatic N) is 2. The molecule has 2 atom stereocenters. The molecule has 2 N–H and O–H groups in total. The minimum Gasteiger partial charge on any atom is -0.481 e. The standard InChI is InChI=1S/C20H27N3O5/c1-28-14-20(18(25)26)9-11-23(13-20)17(24)15-6-5-10-22(12-15)19(27)21-16-7-3-2-4-8-16/h2-4,7-8,15H,5-6,9-14H2,1H3,(H,21,27)(H,25,26). The molecule has 2 aliphatic heterocycles. The van der Waals surface area contributed by atoms with Crippen molar-refractivity contribution >= 4 is 23.6 Å². The number of methoxy groups -OCH3 is 1. The van der Waals surface area contributed by atoms with Crippen LogP contribution in [0, 0.1) is 11.3 Å². The molecule has 0 bridgehead atoms. The van der Waals surface area contributed by atoms with Crippen LogP contribution < -0.4 is 5.32 Å². The smallest absolute Gasteiger partial charge is 0.321 e. The van der Waals surface area contributed by atoms with Gasteiger partial charge in [0, 0.05) is 39.0 Å². The van der Waals surface area contributed by atoms with Crippen molar-refractivity contribution in [3.63, 3.8) is 0 Å². The first-order chi connectivity index (χ1) is 13.4. The van der Waals surface area contributed by atoms with Gasteiger partial charge in [0.05, 0.1) is 12.5 Å². The Bertz CT molecular complexity index is 726. The third kappa shape index (κ3) is 4.27. The van der Waals surface area contributed by atoms with E-state index >= 15 is 0 Å². The van der Waals surface area contributed by atoms with Crippen LogP contribution in [0.25, 0.3) is 0 Å². The zero-order valence-corrected chi connectivity index (χ0v) is 16.1. The van der Waals surface area contributed by atoms with E-state index in [0.717, 1.165) is 6.42 Å². The highest BCUT2D eigenvalue weighted by Gasteiger charge is 2.47. The fraction of sp³-hybridized carbons (Fsp3) is 0.550. The zero-order valence-electron chi connectivity index (χ0n) is 16.1. The molecule has 2 unspecified atom stereocenters. The number of benzene rings is 1. The van der Waals surface area contributed by atoms with E-state index in [4.69, 9.17) is 4.74 Å². The van der Waals surface area contributed by atoms with Crippen LogP contribution in [0.15, 0.2) is 30.3 Å². The first-order valence-electron chi connectivity index (χ1n) is 9.57. The van der Waals surface area contributed by atoms with Crippen molar-refractivity contribution in [2.75, 3.05) is 45.2 Å². The summed E-state index contributed by atoms with van der Waals surface area (Å²) >= 11 is 0. The number of ether oxygens (including phenoxy) is 1. The first kappa shape index (κ1) is 20.1. The van der Waals surface area contributed by atoms with Crippen LogP contribution in [-0.2, 0) is 14.3 Å². The maximum atomic E-state index is 13.0. The number of carboxylic acid groups (broad SMARTS) is 1. The zero-order chi connectivity index (χ0) is 20.1. The van der Waals surface area contributed by atoms with Crippen molar-refractivity contribution < 1.29 is 24.2 Å². The van der Waals surface area contributed by atoms with Gasteiger partial charge in [-0.25, -0.2) is 4.79 Å². The lowest BCUT2D eigenvalue weighted by atomic mass is 9.88. The first-order valence-corrected chi connectivity index (χ1v) is 9.57. The Balaban J connectivity index is 1.60. The summed E-state index contributed by atoms with van der Waals surface area (Å²) in [6.45, 7) is 1.59. The molecule has 0 spiro atoms. The van der Waals surface area contributed by atoms with E-state index in [2.05, 4.69) is 5.32 Å². The number of amides is 3. The Morgan fingerprint density at radius 1 is 1.21 bits per heavy atom. The molecular formula is C20H27N3O5. The Labute approximate surface area is 164 Å². The van der Waals surface area contributed by atoms with Crippen molar-refractivity contribution in [1.82, 2.24) is 9.80 Å². The average Bonchev–Trinajstić information content (AvgIpc) is 3.14. The SMILES string of the molecule is COCC1(C(=O)O)CCN(C(=O)C2CCCN(C(=O)Nc3ccccc3)C2)C1. The number of urea groups is 1. The van der Waals surface area contributed by atoms with Crippen LogP contribution >= 0.6 is 0 Å². The molecule has 2 heterocycles. The quantitative estimate of drug-likeness (QED) is 0.801. The van der Waals surface area contributed by atoms with Gasteiger partial charge in [-0.1, -0.05) is 18.2 Å². The average molecular weight is 389 g/mol. The lowest BCUT2D eigenvalue weighted by Gasteiger charge is -2.34. The number of aliphatic carboxylic acids is 1. The van der Waals surface area contributed by atoms with Gasteiger partial charge in [0.15, 0.2) is 0 Å². The molecule has 2 fully saturated rings. The van der Waals surface area contributed by atoms with Gasteiger partial charge in [-0.2, -0.15) is 0 Å². The fourth-order valence-electron chi connectivity index (χ4n) is 4.04. The van der Waals surface area contributed by atoms with Crippen LogP contribution in [0.5, 0.6) is 0 Å². The van der Waals surface area contributed by atoms with Gasteiger partial charge in [-0.15, -0.1) is 0 Å². The van der Waals surface area contributed by atoms with Crippen molar-refractivity contribution in [3.8, 4) is 0 Å². The summed E-state index contributed by atoms with van der Waals surface area (Å²) in [6, 6.07) is 8.98. The van der Waals surface area contributed by atoms with Gasteiger partial charge in [0.25, 0.3) is 0 Å². The number of nitrogens with one attached hydrogen (secondary N) is 1. The minimum absolute atomic E-state index is 0.0727. The number of likely N-dealkylation sites (tertiary alicyclic amines) is 2. The predicted molar refractivity (Wildman–Crippen MR) is 103 cm³/mol. The molecule has 0 radical (unpaired) electrons. The van der Waals surface area contributed by atoms with Crippen LogP contribution in [0.3, 0.4) is 0 Å². The van der Waals surface area contributed by atoms with Gasteiger partial charge in [-0.3, -0.25) is 9.59 Å². The number of hydrogen-bond donors (Lipinski definition) is 2. The van der Waals surface area contributed by atoms with E-state index < -0.39 is 11.4 Å². The van der Waals surface area contributed by atoms with E-state index in [1.165, 1.54) is 7.11 Å². The predicted octanol–water partition coefficient (Wildman–Crippen LogP) is 1.88. The van der Waals surface area contributed by atoms with Gasteiger partial charge in [-0.05, 0) is 31.4 Å². The topological polar surface area (TPSA) is 99.2 Å². The van der Waals surface area contributed by atoms with E-state index in [1.807, 2.05) is 30.3 Å². The summed E-state index contributed by atoms with van der Waals surface area (Å²) < 4.78 is 5.09. The second-order valence-electron chi connectivity index (χ2n) is 7.61. The number of carbonyl (C=O) groups is 3. The van der Waals surface area contributed by atoms with Crippen LogP contribution in [0.1, 0.15) is 19.3 Å². The number of para-hydroxylation sites is 1. The maximum absolute atomic E-state index is 13.0. The van der Waals surface area contributed by atoms with Crippen molar-refractivity contribution in [2.45, 2.75) is 19.3 Å².